The minimum absolute atomic E-state index is 0.0212. The van der Waals surface area contributed by atoms with E-state index in [1.54, 1.807) is 0 Å². The minimum atomic E-state index is -4.49. The third-order valence-electron chi connectivity index (χ3n) is 7.51. The summed E-state index contributed by atoms with van der Waals surface area (Å²) in [6, 6.07) is 22.0. The summed E-state index contributed by atoms with van der Waals surface area (Å²) in [5, 5.41) is -0.0212. The van der Waals surface area contributed by atoms with Crippen molar-refractivity contribution in [2.45, 2.75) is 25.1 Å². The smallest absolute Gasteiger partial charge is 0.355 e. The zero-order chi connectivity index (χ0) is 26.7. The van der Waals surface area contributed by atoms with Crippen LogP contribution >= 0.6 is 11.6 Å². The maximum Gasteiger partial charge on any atom is 0.417 e. The first-order valence-electron chi connectivity index (χ1n) is 12.9. The molecule has 38 heavy (non-hydrogen) atoms. The molecule has 1 amide bonds. The van der Waals surface area contributed by atoms with Crippen LogP contribution in [0.4, 0.5) is 19.0 Å². The molecule has 3 aromatic rings. The molecule has 0 aliphatic carbocycles. The molecule has 0 unspecified atom stereocenters. The van der Waals surface area contributed by atoms with Crippen molar-refractivity contribution < 1.29 is 18.0 Å². The lowest BCUT2D eigenvalue weighted by Gasteiger charge is -2.41. The lowest BCUT2D eigenvalue weighted by molar-refractivity contribution is -0.138. The van der Waals surface area contributed by atoms with Gasteiger partial charge in [-0.2, -0.15) is 13.2 Å². The maximum atomic E-state index is 13.4. The predicted octanol–water partition coefficient (Wildman–Crippen LogP) is 5.90. The minimum Gasteiger partial charge on any atom is -0.355 e. The average molecular weight is 543 g/mol. The van der Waals surface area contributed by atoms with Crippen LogP contribution in [-0.4, -0.2) is 60.0 Å². The van der Waals surface area contributed by atoms with Gasteiger partial charge in [0.2, 0.25) is 5.91 Å². The molecule has 2 fully saturated rings. The summed E-state index contributed by atoms with van der Waals surface area (Å²) in [7, 11) is 0. The predicted molar refractivity (Wildman–Crippen MR) is 142 cm³/mol. The fourth-order valence-corrected chi connectivity index (χ4v) is 5.79. The van der Waals surface area contributed by atoms with Crippen LogP contribution in [-0.2, 0) is 11.0 Å². The van der Waals surface area contributed by atoms with Gasteiger partial charge in [-0.05, 0) is 30.0 Å². The van der Waals surface area contributed by atoms with Crippen LogP contribution in [0.15, 0.2) is 72.9 Å². The number of piperidine rings is 1. The normalized spacial score (nSPS) is 17.7. The number of rotatable bonds is 5. The molecule has 0 N–H and O–H groups in total. The van der Waals surface area contributed by atoms with Gasteiger partial charge in [0, 0.05) is 51.4 Å². The van der Waals surface area contributed by atoms with E-state index in [2.05, 4.69) is 58.4 Å². The number of piperazine rings is 1. The second-order valence-corrected chi connectivity index (χ2v) is 10.3. The molecule has 0 atom stereocenters. The quantitative estimate of drug-likeness (QED) is 0.402. The number of halogens is 4. The molecule has 9 heteroatoms. The Balaban J connectivity index is 1.18. The van der Waals surface area contributed by atoms with Gasteiger partial charge in [-0.1, -0.05) is 72.3 Å². The molecular weight excluding hydrogens is 513 g/mol. The van der Waals surface area contributed by atoms with Crippen LogP contribution in [0.1, 0.15) is 35.6 Å². The molecule has 1 aromatic heterocycles. The fraction of sp³-hybridized carbons (Fsp3) is 0.379. The van der Waals surface area contributed by atoms with Gasteiger partial charge in [0.05, 0.1) is 16.6 Å². The van der Waals surface area contributed by atoms with Crippen LogP contribution in [0, 0.1) is 5.92 Å². The van der Waals surface area contributed by atoms with Crippen LogP contribution in [0.2, 0.25) is 5.02 Å². The molecule has 0 bridgehead atoms. The van der Waals surface area contributed by atoms with Crippen LogP contribution in [0.5, 0.6) is 0 Å². The zero-order valence-electron chi connectivity index (χ0n) is 20.9. The molecular formula is C29H30ClF3N4O. The first-order chi connectivity index (χ1) is 18.3. The largest absolute Gasteiger partial charge is 0.417 e. The molecule has 5 rings (SSSR count). The van der Waals surface area contributed by atoms with Crippen LogP contribution in [0.3, 0.4) is 0 Å². The molecule has 0 radical (unpaired) electrons. The second kappa shape index (κ2) is 11.3. The van der Waals surface area contributed by atoms with E-state index >= 15 is 0 Å². The monoisotopic (exact) mass is 542 g/mol. The topological polar surface area (TPSA) is 39.7 Å². The van der Waals surface area contributed by atoms with Gasteiger partial charge >= 0.3 is 6.18 Å². The van der Waals surface area contributed by atoms with Crippen LogP contribution in [0.25, 0.3) is 0 Å². The van der Waals surface area contributed by atoms with Crippen molar-refractivity contribution in [1.82, 2.24) is 14.8 Å². The Kier molecular flexibility index (Phi) is 7.91. The van der Waals surface area contributed by atoms with E-state index in [4.69, 9.17) is 11.6 Å². The Morgan fingerprint density at radius 2 is 1.42 bits per heavy atom. The van der Waals surface area contributed by atoms with E-state index in [1.807, 2.05) is 21.9 Å². The molecule has 5 nitrogen and oxygen atoms in total. The first kappa shape index (κ1) is 26.5. The van der Waals surface area contributed by atoms with Gasteiger partial charge in [0.1, 0.15) is 5.82 Å². The molecule has 2 aromatic carbocycles. The van der Waals surface area contributed by atoms with E-state index < -0.39 is 11.7 Å². The van der Waals surface area contributed by atoms with Crippen molar-refractivity contribution in [3.8, 4) is 0 Å². The highest BCUT2D eigenvalue weighted by atomic mass is 35.5. The van der Waals surface area contributed by atoms with Gasteiger partial charge in [0.15, 0.2) is 0 Å². The molecule has 200 valence electrons. The second-order valence-electron chi connectivity index (χ2n) is 9.87. The summed E-state index contributed by atoms with van der Waals surface area (Å²) in [6.07, 6.45) is -2.43. The number of benzene rings is 2. The summed E-state index contributed by atoms with van der Waals surface area (Å²) in [6.45, 7) is 3.95. The Morgan fingerprint density at radius 1 is 0.868 bits per heavy atom. The lowest BCUT2D eigenvalue weighted by atomic mass is 9.94. The van der Waals surface area contributed by atoms with E-state index in [1.165, 1.54) is 11.1 Å². The molecule has 2 saturated heterocycles. The molecule has 2 aliphatic heterocycles. The lowest BCUT2D eigenvalue weighted by Crippen LogP contribution is -2.52. The van der Waals surface area contributed by atoms with E-state index in [0.29, 0.717) is 44.8 Å². The highest BCUT2D eigenvalue weighted by Gasteiger charge is 2.35. The van der Waals surface area contributed by atoms with E-state index in [9.17, 15) is 18.0 Å². The third kappa shape index (κ3) is 5.81. The van der Waals surface area contributed by atoms with Crippen molar-refractivity contribution in [3.63, 3.8) is 0 Å². The number of anilines is 1. The Bertz CT molecular complexity index is 1190. The molecule has 2 aliphatic rings. The Hall–Kier alpha value is -3.10. The Labute approximate surface area is 225 Å². The van der Waals surface area contributed by atoms with Crippen molar-refractivity contribution in [2.75, 3.05) is 44.2 Å². The SMILES string of the molecule is O=C(C1CCN(c2ncc(C(F)(F)F)cc2Cl)CC1)N1CCN(C(c2ccccc2)c2ccccc2)CC1. The number of alkyl halides is 3. The maximum absolute atomic E-state index is 13.4. The van der Waals surface area contributed by atoms with Crippen molar-refractivity contribution in [1.29, 1.82) is 0 Å². The average Bonchev–Trinajstić information content (AvgIpc) is 2.94. The molecule has 3 heterocycles. The third-order valence-corrected chi connectivity index (χ3v) is 7.79. The van der Waals surface area contributed by atoms with Gasteiger partial charge in [-0.15, -0.1) is 0 Å². The van der Waals surface area contributed by atoms with Crippen molar-refractivity contribution in [3.05, 3.63) is 94.6 Å². The van der Waals surface area contributed by atoms with Crippen molar-refractivity contribution >= 4 is 23.3 Å². The molecule has 0 spiro atoms. The highest BCUT2D eigenvalue weighted by molar-refractivity contribution is 6.33. The standard InChI is InChI=1S/C29H30ClF3N4O/c30-25-19-24(29(31,32)33)20-34-27(25)36-13-11-23(12-14-36)28(38)37-17-15-35(16-18-37)26(21-7-3-1-4-8-21)22-9-5-2-6-10-22/h1-10,19-20,23,26H,11-18H2. The van der Waals surface area contributed by atoms with Gasteiger partial charge < -0.3 is 9.80 Å². The van der Waals surface area contributed by atoms with Gasteiger partial charge in [-0.25, -0.2) is 4.98 Å². The summed E-state index contributed by atoms with van der Waals surface area (Å²) in [5.41, 5.74) is 1.61. The van der Waals surface area contributed by atoms with E-state index in [-0.39, 0.29) is 22.9 Å². The number of aromatic nitrogens is 1. The Morgan fingerprint density at radius 3 is 1.92 bits per heavy atom. The summed E-state index contributed by atoms with van der Waals surface area (Å²) < 4.78 is 38.8. The van der Waals surface area contributed by atoms with E-state index in [0.717, 1.165) is 25.4 Å². The molecule has 0 saturated carbocycles. The highest BCUT2D eigenvalue weighted by Crippen LogP contribution is 2.35. The number of amides is 1. The zero-order valence-corrected chi connectivity index (χ0v) is 21.7. The fourth-order valence-electron chi connectivity index (χ4n) is 5.50. The van der Waals surface area contributed by atoms with Crippen molar-refractivity contribution in [2.24, 2.45) is 5.92 Å². The summed E-state index contributed by atoms with van der Waals surface area (Å²) in [4.78, 5) is 23.6. The number of hydrogen-bond donors (Lipinski definition) is 0. The van der Waals surface area contributed by atoms with Crippen LogP contribution < -0.4 is 4.90 Å². The van der Waals surface area contributed by atoms with Gasteiger partial charge in [-0.3, -0.25) is 9.69 Å². The summed E-state index contributed by atoms with van der Waals surface area (Å²) >= 11 is 6.13. The number of carbonyl (C=O) groups excluding carboxylic acids is 1. The number of pyridine rings is 1. The number of carbonyl (C=O) groups is 1. The van der Waals surface area contributed by atoms with Gasteiger partial charge in [0.25, 0.3) is 0 Å². The summed E-state index contributed by atoms with van der Waals surface area (Å²) in [5.74, 6) is 0.392. The first-order valence-corrected chi connectivity index (χ1v) is 13.3. The number of hydrogen-bond acceptors (Lipinski definition) is 4. The number of nitrogens with zero attached hydrogens (tertiary/aromatic N) is 4.